The van der Waals surface area contributed by atoms with Crippen molar-refractivity contribution in [3.05, 3.63) is 0 Å². The molecule has 0 radical (unpaired) electrons. The third kappa shape index (κ3) is 4.41. The molecule has 0 aromatic rings. The second kappa shape index (κ2) is 7.56. The van der Waals surface area contributed by atoms with E-state index in [1.165, 1.54) is 6.42 Å². The van der Waals surface area contributed by atoms with E-state index in [4.69, 9.17) is 9.47 Å². The van der Waals surface area contributed by atoms with Crippen LogP contribution in [0.4, 0.5) is 0 Å². The molecule has 0 bridgehead atoms. The highest BCUT2D eigenvalue weighted by Crippen LogP contribution is 2.21. The summed E-state index contributed by atoms with van der Waals surface area (Å²) in [6.07, 6.45) is 3.18. The number of likely N-dealkylation sites (N-methyl/N-ethyl adjacent to an activating group) is 1. The maximum absolute atomic E-state index is 12.5. The molecule has 0 saturated carbocycles. The van der Waals surface area contributed by atoms with Gasteiger partial charge < -0.3 is 19.3 Å². The fourth-order valence-electron chi connectivity index (χ4n) is 3.32. The zero-order valence-electron chi connectivity index (χ0n) is 13.9. The summed E-state index contributed by atoms with van der Waals surface area (Å²) in [5.74, 6) is 0.625. The molecule has 2 saturated heterocycles. The van der Waals surface area contributed by atoms with Crippen molar-refractivity contribution in [3.8, 4) is 0 Å². The molecule has 0 spiro atoms. The number of amides is 1. The molecule has 21 heavy (non-hydrogen) atoms. The Morgan fingerprint density at radius 2 is 2.14 bits per heavy atom. The molecule has 5 nitrogen and oxygen atoms in total. The minimum atomic E-state index is -0.372. The first-order valence-corrected chi connectivity index (χ1v) is 8.17. The van der Waals surface area contributed by atoms with Gasteiger partial charge in [0, 0.05) is 25.7 Å². The van der Waals surface area contributed by atoms with Gasteiger partial charge in [0.1, 0.15) is 6.10 Å². The summed E-state index contributed by atoms with van der Waals surface area (Å²) in [6, 6.07) is 0.447. The van der Waals surface area contributed by atoms with Crippen LogP contribution in [0.3, 0.4) is 0 Å². The minimum Gasteiger partial charge on any atom is -0.376 e. The Bertz CT molecular complexity index is 342. The molecule has 2 rings (SSSR count). The largest absolute Gasteiger partial charge is 0.376 e. The van der Waals surface area contributed by atoms with E-state index >= 15 is 0 Å². The molecule has 0 aromatic heterocycles. The first kappa shape index (κ1) is 16.7. The van der Waals surface area contributed by atoms with Crippen molar-refractivity contribution in [1.29, 1.82) is 0 Å². The highest BCUT2D eigenvalue weighted by Gasteiger charge is 2.35. The van der Waals surface area contributed by atoms with Crippen LogP contribution in [0.25, 0.3) is 0 Å². The lowest BCUT2D eigenvalue weighted by molar-refractivity contribution is -0.145. The van der Waals surface area contributed by atoms with E-state index in [1.807, 2.05) is 11.8 Å². The van der Waals surface area contributed by atoms with Gasteiger partial charge in [-0.25, -0.2) is 0 Å². The van der Waals surface area contributed by atoms with Gasteiger partial charge in [0.2, 0.25) is 0 Å². The molecular weight excluding hydrogens is 268 g/mol. The Morgan fingerprint density at radius 1 is 1.38 bits per heavy atom. The fourth-order valence-corrected chi connectivity index (χ4v) is 3.32. The van der Waals surface area contributed by atoms with Crippen molar-refractivity contribution in [2.45, 2.75) is 51.4 Å². The number of carbonyl (C=O) groups is 1. The summed E-state index contributed by atoms with van der Waals surface area (Å²) in [4.78, 5) is 16.6. The molecule has 5 heteroatoms. The van der Waals surface area contributed by atoms with Gasteiger partial charge in [-0.1, -0.05) is 6.92 Å². The Morgan fingerprint density at radius 3 is 2.71 bits per heavy atom. The quantitative estimate of drug-likeness (QED) is 0.769. The van der Waals surface area contributed by atoms with Gasteiger partial charge in [-0.3, -0.25) is 4.79 Å². The average Bonchev–Trinajstić information content (AvgIpc) is 2.87. The Labute approximate surface area is 128 Å². The molecule has 2 fully saturated rings. The zero-order chi connectivity index (χ0) is 15.4. The van der Waals surface area contributed by atoms with Gasteiger partial charge in [0.05, 0.1) is 12.7 Å². The zero-order valence-corrected chi connectivity index (χ0v) is 13.9. The van der Waals surface area contributed by atoms with Crippen LogP contribution in [0.1, 0.15) is 33.1 Å². The number of carbonyl (C=O) groups excluding carboxylic acids is 1. The molecule has 122 valence electrons. The van der Waals surface area contributed by atoms with Crippen LogP contribution in [0.2, 0.25) is 0 Å². The lowest BCUT2D eigenvalue weighted by Gasteiger charge is -2.26. The normalized spacial score (nSPS) is 31.7. The van der Waals surface area contributed by atoms with Crippen LogP contribution < -0.4 is 0 Å². The highest BCUT2D eigenvalue weighted by atomic mass is 16.5. The second-order valence-electron chi connectivity index (χ2n) is 6.72. The van der Waals surface area contributed by atoms with Crippen molar-refractivity contribution < 1.29 is 14.3 Å². The van der Waals surface area contributed by atoms with Gasteiger partial charge in [-0.2, -0.15) is 0 Å². The van der Waals surface area contributed by atoms with Crippen LogP contribution in [-0.4, -0.2) is 74.4 Å². The first-order valence-electron chi connectivity index (χ1n) is 8.17. The maximum atomic E-state index is 12.5. The number of hydrogen-bond donors (Lipinski definition) is 0. The van der Waals surface area contributed by atoms with Gasteiger partial charge in [-0.15, -0.1) is 0 Å². The lowest BCUT2D eigenvalue weighted by atomic mass is 10.1. The molecule has 4 atom stereocenters. The SMILES string of the molecule is C[C@H](OC[C@@H]1CCCCO1)C(=O)N1C[C@@H](C)[C@H](N(C)C)C1. The Kier molecular flexibility index (Phi) is 6.02. The third-order valence-electron chi connectivity index (χ3n) is 4.70. The van der Waals surface area contributed by atoms with Crippen molar-refractivity contribution in [2.75, 3.05) is 40.4 Å². The minimum absolute atomic E-state index is 0.113. The number of nitrogens with zero attached hydrogens (tertiary/aromatic N) is 2. The van der Waals surface area contributed by atoms with E-state index in [9.17, 15) is 4.79 Å². The number of rotatable bonds is 5. The van der Waals surface area contributed by atoms with E-state index < -0.39 is 0 Å². The van der Waals surface area contributed by atoms with Crippen molar-refractivity contribution in [3.63, 3.8) is 0 Å². The number of hydrogen-bond acceptors (Lipinski definition) is 4. The van der Waals surface area contributed by atoms with Gasteiger partial charge in [-0.05, 0) is 46.2 Å². The van der Waals surface area contributed by atoms with Crippen molar-refractivity contribution in [1.82, 2.24) is 9.80 Å². The summed E-state index contributed by atoms with van der Waals surface area (Å²) < 4.78 is 11.4. The smallest absolute Gasteiger partial charge is 0.251 e. The molecule has 0 N–H and O–H groups in total. The van der Waals surface area contributed by atoms with E-state index in [1.54, 1.807) is 0 Å². The monoisotopic (exact) mass is 298 g/mol. The fraction of sp³-hybridized carbons (Fsp3) is 0.938. The molecule has 2 heterocycles. The summed E-state index contributed by atoms with van der Waals surface area (Å²) >= 11 is 0. The van der Waals surface area contributed by atoms with Crippen LogP contribution in [-0.2, 0) is 14.3 Å². The Balaban J connectivity index is 1.77. The lowest BCUT2D eigenvalue weighted by Crippen LogP contribution is -2.41. The van der Waals surface area contributed by atoms with Crippen molar-refractivity contribution >= 4 is 5.91 Å². The molecule has 0 aliphatic carbocycles. The molecular formula is C16H30N2O3. The van der Waals surface area contributed by atoms with Crippen LogP contribution in [0.15, 0.2) is 0 Å². The van der Waals surface area contributed by atoms with E-state index in [-0.39, 0.29) is 18.1 Å². The predicted molar refractivity (Wildman–Crippen MR) is 82.2 cm³/mol. The predicted octanol–water partition coefficient (Wildman–Crippen LogP) is 1.37. The van der Waals surface area contributed by atoms with Gasteiger partial charge >= 0.3 is 0 Å². The topological polar surface area (TPSA) is 42.0 Å². The number of ether oxygens (including phenoxy) is 2. The summed E-state index contributed by atoms with van der Waals surface area (Å²) in [7, 11) is 4.16. The molecule has 2 aliphatic heterocycles. The van der Waals surface area contributed by atoms with Gasteiger partial charge in [0.15, 0.2) is 0 Å². The second-order valence-corrected chi connectivity index (χ2v) is 6.72. The maximum Gasteiger partial charge on any atom is 0.251 e. The third-order valence-corrected chi connectivity index (χ3v) is 4.70. The number of likely N-dealkylation sites (tertiary alicyclic amines) is 1. The van der Waals surface area contributed by atoms with Crippen LogP contribution in [0.5, 0.6) is 0 Å². The summed E-state index contributed by atoms with van der Waals surface area (Å²) in [5, 5.41) is 0. The van der Waals surface area contributed by atoms with E-state index in [0.29, 0.717) is 18.6 Å². The summed E-state index contributed by atoms with van der Waals surface area (Å²) in [5.41, 5.74) is 0. The van der Waals surface area contributed by atoms with Gasteiger partial charge in [0.25, 0.3) is 5.91 Å². The van der Waals surface area contributed by atoms with Crippen LogP contribution in [0, 0.1) is 5.92 Å². The molecule has 0 unspecified atom stereocenters. The molecule has 0 aromatic carbocycles. The molecule has 1 amide bonds. The molecule has 2 aliphatic rings. The highest BCUT2D eigenvalue weighted by molar-refractivity contribution is 5.80. The van der Waals surface area contributed by atoms with Crippen molar-refractivity contribution in [2.24, 2.45) is 5.92 Å². The standard InChI is InChI=1S/C16H30N2O3/c1-12-9-18(10-15(12)17(3)4)16(19)13(2)21-11-14-7-5-6-8-20-14/h12-15H,5-11H2,1-4H3/t12-,13+,14+,15-/m1/s1. The average molecular weight is 298 g/mol. The van der Waals surface area contributed by atoms with E-state index in [2.05, 4.69) is 25.9 Å². The van der Waals surface area contributed by atoms with Crippen LogP contribution >= 0.6 is 0 Å². The first-order chi connectivity index (χ1) is 9.99. The summed E-state index contributed by atoms with van der Waals surface area (Å²) in [6.45, 7) is 7.06. The van der Waals surface area contributed by atoms with E-state index in [0.717, 1.165) is 32.5 Å². The Hall–Kier alpha value is -0.650.